The molecule has 1 unspecified atom stereocenters. The summed E-state index contributed by atoms with van der Waals surface area (Å²) < 4.78 is 34.5. The number of carbonyl (C=O) groups excluding carboxylic acids is 1. The van der Waals surface area contributed by atoms with Gasteiger partial charge in [0.25, 0.3) is 0 Å². The van der Waals surface area contributed by atoms with Crippen LogP contribution in [-0.4, -0.2) is 63.1 Å². The summed E-state index contributed by atoms with van der Waals surface area (Å²) in [6, 6.07) is 0. The second kappa shape index (κ2) is 39.6. The Hall–Kier alpha value is -0.580. The van der Waals surface area contributed by atoms with Crippen molar-refractivity contribution in [2.45, 2.75) is 200 Å². The average molecular weight is 737 g/mol. The molecule has 0 fully saturated rings. The molecule has 0 bridgehead atoms. The van der Waals surface area contributed by atoms with Crippen LogP contribution < -0.4 is 11.2 Å². The van der Waals surface area contributed by atoms with E-state index in [0.29, 0.717) is 19.8 Å². The Morgan fingerprint density at radius 3 is 1.40 bits per heavy atom. The van der Waals surface area contributed by atoms with Gasteiger partial charge in [-0.25, -0.2) is 10.5 Å². The Labute approximate surface area is 308 Å². The van der Waals surface area contributed by atoms with Crippen LogP contribution in [0.3, 0.4) is 0 Å². The minimum atomic E-state index is -4.32. The number of hydrogen-bond donors (Lipinski definition) is 3. The average Bonchev–Trinajstić information content (AvgIpc) is 3.10. The van der Waals surface area contributed by atoms with Crippen LogP contribution in [0.4, 0.5) is 0 Å². The highest BCUT2D eigenvalue weighted by molar-refractivity contribution is 7.47. The summed E-state index contributed by atoms with van der Waals surface area (Å²) in [6.45, 7) is 5.45. The minimum absolute atomic E-state index is 0.0253. The van der Waals surface area contributed by atoms with Gasteiger partial charge in [-0.05, 0) is 12.8 Å². The van der Waals surface area contributed by atoms with Gasteiger partial charge < -0.3 is 19.7 Å². The molecule has 0 aliphatic rings. The van der Waals surface area contributed by atoms with E-state index in [1.165, 1.54) is 154 Å². The van der Waals surface area contributed by atoms with Crippen LogP contribution in [0.15, 0.2) is 0 Å². The summed E-state index contributed by atoms with van der Waals surface area (Å²) in [4.78, 5) is 25.7. The Balaban J connectivity index is 4.15. The van der Waals surface area contributed by atoms with Gasteiger partial charge in [0, 0.05) is 19.8 Å². The third kappa shape index (κ3) is 38.6. The molecule has 2 atom stereocenters. The van der Waals surface area contributed by atoms with Gasteiger partial charge >= 0.3 is 7.82 Å². The largest absolute Gasteiger partial charge is 0.472 e. The van der Waals surface area contributed by atoms with Crippen molar-refractivity contribution in [2.24, 2.45) is 5.90 Å². The van der Waals surface area contributed by atoms with Crippen LogP contribution in [0.5, 0.6) is 0 Å². The second-order valence-corrected chi connectivity index (χ2v) is 15.5. The molecule has 1 amide bonds. The fourth-order valence-corrected chi connectivity index (χ4v) is 6.75. The molecule has 0 aliphatic carbocycles. The normalized spacial score (nSPS) is 13.4. The molecule has 300 valence electrons. The summed E-state index contributed by atoms with van der Waals surface area (Å²) >= 11 is 0. The van der Waals surface area contributed by atoms with Crippen LogP contribution in [0.25, 0.3) is 0 Å². The van der Waals surface area contributed by atoms with Crippen LogP contribution in [0.1, 0.15) is 194 Å². The van der Waals surface area contributed by atoms with E-state index in [0.717, 1.165) is 25.7 Å². The molecule has 0 rings (SSSR count). The molecular weight excluding hydrogens is 655 g/mol. The molecule has 50 heavy (non-hydrogen) atoms. The Bertz CT molecular complexity index is 749. The number of unbranched alkanes of at least 4 members (excludes halogenated alkanes) is 26. The predicted octanol–water partition coefficient (Wildman–Crippen LogP) is 10.5. The smallest absolute Gasteiger partial charge is 0.379 e. The summed E-state index contributed by atoms with van der Waals surface area (Å²) in [5.41, 5.74) is 0. The summed E-state index contributed by atoms with van der Waals surface area (Å²) in [5, 5.41) is 2.46. The third-order valence-electron chi connectivity index (χ3n) is 9.11. The molecule has 10 nitrogen and oxygen atoms in total. The molecule has 4 N–H and O–H groups in total. The molecule has 0 heterocycles. The molecule has 0 saturated carbocycles. The molecular formula is C39H81N2O8P. The Kier molecular flexibility index (Phi) is 39.2. The third-order valence-corrected chi connectivity index (χ3v) is 10.1. The quantitative estimate of drug-likeness (QED) is 0.0317. The van der Waals surface area contributed by atoms with E-state index in [1.807, 2.05) is 0 Å². The van der Waals surface area contributed by atoms with Crippen LogP contribution in [0.2, 0.25) is 0 Å². The molecule has 11 heteroatoms. The van der Waals surface area contributed by atoms with E-state index in [-0.39, 0.29) is 26.4 Å². The van der Waals surface area contributed by atoms with Crippen LogP contribution in [0, 0.1) is 0 Å². The molecule has 0 aromatic rings. The Morgan fingerprint density at radius 1 is 0.580 bits per heavy atom. The number of rotatable bonds is 42. The number of hydrogen-bond acceptors (Lipinski definition) is 8. The highest BCUT2D eigenvalue weighted by Crippen LogP contribution is 2.43. The van der Waals surface area contributed by atoms with E-state index in [4.69, 9.17) is 24.4 Å². The van der Waals surface area contributed by atoms with Crippen LogP contribution in [-0.2, 0) is 32.7 Å². The van der Waals surface area contributed by atoms with Crippen molar-refractivity contribution in [1.82, 2.24) is 5.32 Å². The van der Waals surface area contributed by atoms with Gasteiger partial charge in [0.1, 0.15) is 12.7 Å². The highest BCUT2D eigenvalue weighted by Gasteiger charge is 2.24. The van der Waals surface area contributed by atoms with Gasteiger partial charge in [-0.3, -0.25) is 18.7 Å². The summed E-state index contributed by atoms with van der Waals surface area (Å²) in [5.74, 6) is 4.41. The predicted molar refractivity (Wildman–Crippen MR) is 206 cm³/mol. The standard InChI is InChI=1S/C39H81N2O8P/c1-3-5-7-9-11-13-15-17-19-21-23-25-27-29-32-45-35-38(36-49-50(43,44)48-34-31-41-39(42)37-47-40)46-33-30-28-26-24-22-20-18-16-14-12-10-8-6-4-2/h38H,3-37,40H2,1-2H3,(H,41,42)(H,43,44)/t38-/m1/s1. The summed E-state index contributed by atoms with van der Waals surface area (Å²) in [6.07, 6.45) is 36.0. The number of ether oxygens (including phenoxy) is 2. The monoisotopic (exact) mass is 737 g/mol. The first-order chi connectivity index (χ1) is 24.4. The van der Waals surface area contributed by atoms with E-state index >= 15 is 0 Å². The maximum atomic E-state index is 12.4. The zero-order valence-corrected chi connectivity index (χ0v) is 33.6. The van der Waals surface area contributed by atoms with Gasteiger partial charge in [-0.2, -0.15) is 0 Å². The lowest BCUT2D eigenvalue weighted by molar-refractivity contribution is -0.125. The second-order valence-electron chi connectivity index (χ2n) is 14.0. The van der Waals surface area contributed by atoms with Crippen LogP contribution >= 0.6 is 7.82 Å². The first-order valence-corrected chi connectivity index (χ1v) is 22.3. The lowest BCUT2D eigenvalue weighted by Crippen LogP contribution is -2.31. The lowest BCUT2D eigenvalue weighted by Gasteiger charge is -2.20. The zero-order chi connectivity index (χ0) is 36.6. The first kappa shape index (κ1) is 49.4. The van der Waals surface area contributed by atoms with Gasteiger partial charge in [0.05, 0.1) is 19.8 Å². The fraction of sp³-hybridized carbons (Fsp3) is 0.974. The SMILES string of the molecule is CCCCCCCCCCCCCCCCOC[C@H](COP(=O)(O)OCCNC(=O)CON)OCCCCCCCCCCCCCCCC. The van der Waals surface area contributed by atoms with Crippen molar-refractivity contribution in [3.63, 3.8) is 0 Å². The number of phosphoric acid groups is 1. The number of amides is 1. The maximum absolute atomic E-state index is 12.4. The number of carbonyl (C=O) groups is 1. The van der Waals surface area contributed by atoms with Gasteiger partial charge in [0.15, 0.2) is 0 Å². The van der Waals surface area contributed by atoms with E-state index < -0.39 is 19.8 Å². The maximum Gasteiger partial charge on any atom is 0.472 e. The van der Waals surface area contributed by atoms with Crippen molar-refractivity contribution in [3.8, 4) is 0 Å². The van der Waals surface area contributed by atoms with E-state index in [1.54, 1.807) is 0 Å². The minimum Gasteiger partial charge on any atom is -0.379 e. The lowest BCUT2D eigenvalue weighted by atomic mass is 10.0. The molecule has 0 saturated heterocycles. The number of nitrogens with two attached hydrogens (primary N) is 1. The molecule has 0 radical (unpaired) electrons. The van der Waals surface area contributed by atoms with Crippen molar-refractivity contribution in [3.05, 3.63) is 0 Å². The van der Waals surface area contributed by atoms with E-state index in [9.17, 15) is 14.3 Å². The number of nitrogens with one attached hydrogen (secondary N) is 1. The molecule has 0 aliphatic heterocycles. The van der Waals surface area contributed by atoms with E-state index in [2.05, 4.69) is 24.0 Å². The number of phosphoric ester groups is 1. The topological polar surface area (TPSA) is 139 Å². The van der Waals surface area contributed by atoms with Crippen molar-refractivity contribution in [2.75, 3.05) is 46.2 Å². The fourth-order valence-electron chi connectivity index (χ4n) is 6.00. The van der Waals surface area contributed by atoms with Gasteiger partial charge in [-0.1, -0.05) is 181 Å². The molecule has 0 spiro atoms. The molecule has 0 aromatic carbocycles. The zero-order valence-electron chi connectivity index (χ0n) is 32.7. The van der Waals surface area contributed by atoms with Gasteiger partial charge in [0.2, 0.25) is 5.91 Å². The van der Waals surface area contributed by atoms with Gasteiger partial charge in [-0.15, -0.1) is 0 Å². The first-order valence-electron chi connectivity index (χ1n) is 20.8. The van der Waals surface area contributed by atoms with Crippen molar-refractivity contribution >= 4 is 13.7 Å². The van der Waals surface area contributed by atoms with Crippen molar-refractivity contribution < 1.29 is 37.6 Å². The Morgan fingerprint density at radius 2 is 0.980 bits per heavy atom. The molecule has 0 aromatic heterocycles. The highest BCUT2D eigenvalue weighted by atomic mass is 31.2. The summed E-state index contributed by atoms with van der Waals surface area (Å²) in [7, 11) is -4.32. The van der Waals surface area contributed by atoms with Crippen molar-refractivity contribution in [1.29, 1.82) is 0 Å².